The topological polar surface area (TPSA) is 49.4 Å². The van der Waals surface area contributed by atoms with Crippen molar-refractivity contribution in [3.05, 3.63) is 40.5 Å². The van der Waals surface area contributed by atoms with Crippen molar-refractivity contribution in [3.63, 3.8) is 0 Å². The fourth-order valence-corrected chi connectivity index (χ4v) is 3.65. The first-order chi connectivity index (χ1) is 12.4. The van der Waals surface area contributed by atoms with E-state index in [0.717, 1.165) is 36.1 Å². The molecule has 0 heterocycles. The largest absolute Gasteiger partial charge is 0.342 e. The quantitative estimate of drug-likeness (QED) is 0.721. The van der Waals surface area contributed by atoms with Crippen LogP contribution in [0.15, 0.2) is 23.8 Å². The zero-order chi connectivity index (χ0) is 19.1. The molecule has 0 fully saturated rings. The van der Waals surface area contributed by atoms with Crippen LogP contribution in [-0.4, -0.2) is 29.8 Å². The Balaban J connectivity index is 1.87. The molecular formula is C22H32N2O2. The Hall–Kier alpha value is -2.10. The lowest BCUT2D eigenvalue weighted by atomic mass is 9.97. The Morgan fingerprint density at radius 2 is 1.77 bits per heavy atom. The molecule has 2 rings (SSSR count). The Morgan fingerprint density at radius 3 is 2.35 bits per heavy atom. The predicted molar refractivity (Wildman–Crippen MR) is 107 cm³/mol. The van der Waals surface area contributed by atoms with Crippen molar-refractivity contribution in [3.8, 4) is 0 Å². The zero-order valence-electron chi connectivity index (χ0n) is 16.7. The van der Waals surface area contributed by atoms with Gasteiger partial charge >= 0.3 is 0 Å². The summed E-state index contributed by atoms with van der Waals surface area (Å²) < 4.78 is 0. The van der Waals surface area contributed by atoms with Crippen LogP contribution in [0.25, 0.3) is 0 Å². The summed E-state index contributed by atoms with van der Waals surface area (Å²) in [7, 11) is 0. The minimum absolute atomic E-state index is 0.0387. The number of hydrogen-bond donors (Lipinski definition) is 1. The standard InChI is InChI=1S/C22H32N2O2/c1-16-14-17(2)22(18(3)15-16)23-21(26)11-13-24(19(4)25)12-10-20-8-6-5-7-9-20/h8,14-15H,5-7,9-13H2,1-4H3,(H,23,26). The van der Waals surface area contributed by atoms with Crippen LogP contribution in [0, 0.1) is 20.8 Å². The van der Waals surface area contributed by atoms with Gasteiger partial charge in [-0.05, 0) is 64.0 Å². The number of amides is 2. The van der Waals surface area contributed by atoms with Crippen LogP contribution in [0.2, 0.25) is 0 Å². The molecule has 142 valence electrons. The van der Waals surface area contributed by atoms with Crippen LogP contribution in [0.5, 0.6) is 0 Å². The molecule has 0 radical (unpaired) electrons. The highest BCUT2D eigenvalue weighted by molar-refractivity contribution is 5.92. The Bertz CT molecular complexity index is 668. The Morgan fingerprint density at radius 1 is 1.08 bits per heavy atom. The molecular weight excluding hydrogens is 324 g/mol. The van der Waals surface area contributed by atoms with Gasteiger partial charge in [-0.2, -0.15) is 0 Å². The lowest BCUT2D eigenvalue weighted by Crippen LogP contribution is -2.33. The summed E-state index contributed by atoms with van der Waals surface area (Å²) in [6.45, 7) is 8.83. The molecule has 1 aliphatic carbocycles. The van der Waals surface area contributed by atoms with Crippen LogP contribution in [-0.2, 0) is 9.59 Å². The highest BCUT2D eigenvalue weighted by Gasteiger charge is 2.14. The number of anilines is 1. The molecule has 1 N–H and O–H groups in total. The second-order valence-electron chi connectivity index (χ2n) is 7.44. The van der Waals surface area contributed by atoms with E-state index in [9.17, 15) is 9.59 Å². The average molecular weight is 357 g/mol. The van der Waals surface area contributed by atoms with Crippen LogP contribution in [0.3, 0.4) is 0 Å². The van der Waals surface area contributed by atoms with Crippen LogP contribution in [0.1, 0.15) is 62.1 Å². The molecule has 2 amide bonds. The maximum atomic E-state index is 12.4. The van der Waals surface area contributed by atoms with Gasteiger partial charge in [-0.3, -0.25) is 9.59 Å². The fourth-order valence-electron chi connectivity index (χ4n) is 3.65. The van der Waals surface area contributed by atoms with Gasteiger partial charge < -0.3 is 10.2 Å². The second-order valence-corrected chi connectivity index (χ2v) is 7.44. The average Bonchev–Trinajstić information content (AvgIpc) is 2.58. The monoisotopic (exact) mass is 356 g/mol. The molecule has 26 heavy (non-hydrogen) atoms. The number of allylic oxidation sites excluding steroid dienone is 1. The molecule has 0 aliphatic heterocycles. The highest BCUT2D eigenvalue weighted by Crippen LogP contribution is 2.22. The molecule has 1 aromatic rings. The summed E-state index contributed by atoms with van der Waals surface area (Å²) in [6.07, 6.45) is 8.41. The third kappa shape index (κ3) is 6.01. The summed E-state index contributed by atoms with van der Waals surface area (Å²) in [5.41, 5.74) is 5.69. The molecule has 0 bridgehead atoms. The van der Waals surface area contributed by atoms with Crippen molar-refractivity contribution in [2.24, 2.45) is 0 Å². The smallest absolute Gasteiger partial charge is 0.226 e. The van der Waals surface area contributed by atoms with E-state index >= 15 is 0 Å². The second kappa shape index (κ2) is 9.56. The van der Waals surface area contributed by atoms with Crippen molar-refractivity contribution >= 4 is 17.5 Å². The summed E-state index contributed by atoms with van der Waals surface area (Å²) in [4.78, 5) is 26.1. The van der Waals surface area contributed by atoms with Gasteiger partial charge in [0, 0.05) is 32.1 Å². The van der Waals surface area contributed by atoms with E-state index in [4.69, 9.17) is 0 Å². The summed E-state index contributed by atoms with van der Waals surface area (Å²) in [5.74, 6) is 0.0000847. The number of nitrogens with one attached hydrogen (secondary N) is 1. The minimum atomic E-state index is -0.0387. The normalized spacial score (nSPS) is 13.9. The minimum Gasteiger partial charge on any atom is -0.342 e. The van der Waals surface area contributed by atoms with Crippen molar-refractivity contribution in [1.82, 2.24) is 4.90 Å². The number of rotatable bonds is 7. The molecule has 0 atom stereocenters. The number of carbonyl (C=O) groups is 2. The Labute approximate surface area is 157 Å². The lowest BCUT2D eigenvalue weighted by Gasteiger charge is -2.23. The number of carbonyl (C=O) groups excluding carboxylic acids is 2. The van der Waals surface area contributed by atoms with E-state index in [1.807, 2.05) is 13.8 Å². The maximum absolute atomic E-state index is 12.4. The van der Waals surface area contributed by atoms with Crippen molar-refractivity contribution in [2.45, 2.75) is 66.2 Å². The number of benzene rings is 1. The summed E-state index contributed by atoms with van der Waals surface area (Å²) in [5, 5.41) is 3.02. The first-order valence-corrected chi connectivity index (χ1v) is 9.68. The zero-order valence-corrected chi connectivity index (χ0v) is 16.7. The van der Waals surface area contributed by atoms with E-state index in [1.165, 1.54) is 24.0 Å². The van der Waals surface area contributed by atoms with E-state index in [1.54, 1.807) is 11.8 Å². The van der Waals surface area contributed by atoms with Crippen LogP contribution >= 0.6 is 0 Å². The summed E-state index contributed by atoms with van der Waals surface area (Å²) in [6, 6.07) is 4.14. The van der Waals surface area contributed by atoms with Gasteiger partial charge in [0.05, 0.1) is 0 Å². The molecule has 0 unspecified atom stereocenters. The third-order valence-electron chi connectivity index (χ3n) is 5.08. The van der Waals surface area contributed by atoms with E-state index < -0.39 is 0 Å². The van der Waals surface area contributed by atoms with Gasteiger partial charge in [0.25, 0.3) is 0 Å². The van der Waals surface area contributed by atoms with Crippen LogP contribution < -0.4 is 5.32 Å². The van der Waals surface area contributed by atoms with Crippen molar-refractivity contribution in [2.75, 3.05) is 18.4 Å². The Kier molecular flexibility index (Phi) is 7.43. The lowest BCUT2D eigenvalue weighted by molar-refractivity contribution is -0.129. The van der Waals surface area contributed by atoms with Crippen molar-refractivity contribution in [1.29, 1.82) is 0 Å². The number of hydrogen-bond acceptors (Lipinski definition) is 2. The van der Waals surface area contributed by atoms with Gasteiger partial charge in [-0.15, -0.1) is 0 Å². The predicted octanol–water partition coefficient (Wildman–Crippen LogP) is 4.68. The van der Waals surface area contributed by atoms with Gasteiger partial charge in [0.15, 0.2) is 0 Å². The number of nitrogens with zero attached hydrogens (tertiary/aromatic N) is 1. The highest BCUT2D eigenvalue weighted by atomic mass is 16.2. The first-order valence-electron chi connectivity index (χ1n) is 9.68. The first kappa shape index (κ1) is 20.2. The fraction of sp³-hybridized carbons (Fsp3) is 0.545. The molecule has 0 saturated heterocycles. The molecule has 4 heteroatoms. The van der Waals surface area contributed by atoms with Gasteiger partial charge in [0.1, 0.15) is 0 Å². The SMILES string of the molecule is CC(=O)N(CCC(=O)Nc1c(C)cc(C)cc1C)CCC1=CCCCC1. The number of aryl methyl sites for hydroxylation is 3. The van der Waals surface area contributed by atoms with Gasteiger partial charge in [-0.25, -0.2) is 0 Å². The molecule has 0 saturated carbocycles. The summed E-state index contributed by atoms with van der Waals surface area (Å²) >= 11 is 0. The van der Waals surface area contributed by atoms with Crippen LogP contribution in [0.4, 0.5) is 5.69 Å². The van der Waals surface area contributed by atoms with Crippen molar-refractivity contribution < 1.29 is 9.59 Å². The van der Waals surface area contributed by atoms with Gasteiger partial charge in [-0.1, -0.05) is 29.3 Å². The van der Waals surface area contributed by atoms with E-state index in [2.05, 4.69) is 30.4 Å². The molecule has 4 nitrogen and oxygen atoms in total. The molecule has 0 spiro atoms. The molecule has 1 aromatic carbocycles. The van der Waals surface area contributed by atoms with Gasteiger partial charge in [0.2, 0.25) is 11.8 Å². The van der Waals surface area contributed by atoms with E-state index in [-0.39, 0.29) is 11.8 Å². The molecule has 0 aromatic heterocycles. The maximum Gasteiger partial charge on any atom is 0.226 e. The third-order valence-corrected chi connectivity index (χ3v) is 5.08. The molecule has 1 aliphatic rings. The van der Waals surface area contributed by atoms with E-state index in [0.29, 0.717) is 19.5 Å².